The highest BCUT2D eigenvalue weighted by Gasteiger charge is 2.28. The lowest BCUT2D eigenvalue weighted by molar-refractivity contribution is -0.154. The molecule has 0 aliphatic heterocycles. The molecule has 0 spiro atoms. The predicted molar refractivity (Wildman–Crippen MR) is 58.7 cm³/mol. The fraction of sp³-hybridized carbons (Fsp3) is 0.200. The molecule has 0 aromatic heterocycles. The van der Waals surface area contributed by atoms with Crippen LogP contribution < -0.4 is 0 Å². The predicted octanol–water partition coefficient (Wildman–Crippen LogP) is 0.261. The Morgan fingerprint density at radius 1 is 1.11 bits per heavy atom. The topological polar surface area (TPSA) is 129 Å². The smallest absolute Gasteiger partial charge is 0.318 e. The molecule has 0 bridgehead atoms. The van der Waals surface area contributed by atoms with Crippen molar-refractivity contribution in [2.45, 2.75) is 11.3 Å². The molecule has 1 aromatic rings. The maximum absolute atomic E-state index is 11.0. The number of hydrogen-bond acceptors (Lipinski definition) is 4. The van der Waals surface area contributed by atoms with Gasteiger partial charge in [-0.05, 0) is 18.1 Å². The highest BCUT2D eigenvalue weighted by molar-refractivity contribution is 7.85. The van der Waals surface area contributed by atoms with Gasteiger partial charge in [-0.25, -0.2) is 0 Å². The van der Waals surface area contributed by atoms with Crippen molar-refractivity contribution in [2.24, 2.45) is 5.92 Å². The Morgan fingerprint density at radius 2 is 1.61 bits per heavy atom. The second-order valence-electron chi connectivity index (χ2n) is 3.52. The van der Waals surface area contributed by atoms with Crippen LogP contribution in [0.4, 0.5) is 0 Å². The van der Waals surface area contributed by atoms with Crippen LogP contribution >= 0.6 is 0 Å². The van der Waals surface area contributed by atoms with E-state index in [2.05, 4.69) is 0 Å². The molecule has 0 saturated heterocycles. The molecule has 7 nitrogen and oxygen atoms in total. The van der Waals surface area contributed by atoms with Crippen LogP contribution in [0.3, 0.4) is 0 Å². The molecule has 0 aliphatic rings. The first-order valence-electron chi connectivity index (χ1n) is 4.74. The van der Waals surface area contributed by atoms with Crippen LogP contribution in [-0.2, 0) is 26.1 Å². The van der Waals surface area contributed by atoms with Gasteiger partial charge in [-0.3, -0.25) is 14.1 Å². The van der Waals surface area contributed by atoms with E-state index in [1.807, 2.05) is 0 Å². The Morgan fingerprint density at radius 3 is 2.06 bits per heavy atom. The van der Waals surface area contributed by atoms with Gasteiger partial charge in [0.25, 0.3) is 10.1 Å². The highest BCUT2D eigenvalue weighted by atomic mass is 32.2. The summed E-state index contributed by atoms with van der Waals surface area (Å²) in [5.41, 5.74) is -0.0604. The lowest BCUT2D eigenvalue weighted by atomic mass is 10.00. The minimum absolute atomic E-state index is 0.0604. The molecule has 0 aliphatic carbocycles. The average molecular weight is 274 g/mol. The van der Waals surface area contributed by atoms with Crippen molar-refractivity contribution in [3.63, 3.8) is 0 Å². The van der Waals surface area contributed by atoms with Crippen molar-refractivity contribution in [1.82, 2.24) is 0 Å². The van der Waals surface area contributed by atoms with Crippen LogP contribution in [0.15, 0.2) is 29.2 Å². The third-order valence-corrected chi connectivity index (χ3v) is 3.22. The van der Waals surface area contributed by atoms with E-state index in [1.165, 1.54) is 18.2 Å². The Hall–Kier alpha value is -1.93. The van der Waals surface area contributed by atoms with E-state index < -0.39 is 39.3 Å². The standard InChI is InChI=1S/C10H10O7S/c11-9(12)7(10(13)14)5-6-3-1-2-4-8(6)18(15,16)17/h1-4,7H,5H2,(H,11,12)(H,13,14)(H,15,16,17). The molecular formula is C10H10O7S. The third-order valence-electron chi connectivity index (χ3n) is 2.27. The zero-order chi connectivity index (χ0) is 13.9. The largest absolute Gasteiger partial charge is 0.481 e. The fourth-order valence-electron chi connectivity index (χ4n) is 1.42. The Kier molecular flexibility index (Phi) is 4.04. The summed E-state index contributed by atoms with van der Waals surface area (Å²) in [5.74, 6) is -4.92. The van der Waals surface area contributed by atoms with E-state index in [4.69, 9.17) is 14.8 Å². The molecule has 0 atom stereocenters. The highest BCUT2D eigenvalue weighted by Crippen LogP contribution is 2.19. The van der Waals surface area contributed by atoms with Crippen molar-refractivity contribution in [3.8, 4) is 0 Å². The van der Waals surface area contributed by atoms with Crippen molar-refractivity contribution in [3.05, 3.63) is 29.8 Å². The molecule has 0 radical (unpaired) electrons. The number of carboxylic acids is 2. The van der Waals surface area contributed by atoms with Crippen LogP contribution in [0.5, 0.6) is 0 Å². The zero-order valence-corrected chi connectivity index (χ0v) is 9.79. The Labute approximate surface area is 102 Å². The first-order chi connectivity index (χ1) is 8.23. The van der Waals surface area contributed by atoms with Crippen molar-refractivity contribution < 1.29 is 32.8 Å². The van der Waals surface area contributed by atoms with Crippen LogP contribution in [0.1, 0.15) is 5.56 Å². The van der Waals surface area contributed by atoms with E-state index in [9.17, 15) is 18.0 Å². The van der Waals surface area contributed by atoms with Crippen LogP contribution in [0, 0.1) is 5.92 Å². The normalized spacial score (nSPS) is 11.4. The van der Waals surface area contributed by atoms with Gasteiger partial charge in [0.2, 0.25) is 0 Å². The molecule has 98 valence electrons. The summed E-state index contributed by atoms with van der Waals surface area (Å²) >= 11 is 0. The molecule has 18 heavy (non-hydrogen) atoms. The van der Waals surface area contributed by atoms with E-state index in [0.29, 0.717) is 0 Å². The van der Waals surface area contributed by atoms with Gasteiger partial charge in [-0.2, -0.15) is 8.42 Å². The van der Waals surface area contributed by atoms with E-state index >= 15 is 0 Å². The quantitative estimate of drug-likeness (QED) is 0.518. The Bertz CT molecular complexity index is 562. The summed E-state index contributed by atoms with van der Waals surface area (Å²) in [6, 6.07) is 5.08. The number of carbonyl (C=O) groups is 2. The van der Waals surface area contributed by atoms with Crippen molar-refractivity contribution >= 4 is 22.1 Å². The van der Waals surface area contributed by atoms with Crippen molar-refractivity contribution in [2.75, 3.05) is 0 Å². The number of rotatable bonds is 5. The molecular weight excluding hydrogens is 264 g/mol. The second-order valence-corrected chi connectivity index (χ2v) is 4.91. The molecule has 0 fully saturated rings. The van der Waals surface area contributed by atoms with Gasteiger partial charge >= 0.3 is 11.9 Å². The lowest BCUT2D eigenvalue weighted by Crippen LogP contribution is -2.26. The molecule has 1 aromatic carbocycles. The third kappa shape index (κ3) is 3.28. The fourth-order valence-corrected chi connectivity index (χ4v) is 2.16. The van der Waals surface area contributed by atoms with E-state index in [1.54, 1.807) is 0 Å². The van der Waals surface area contributed by atoms with Gasteiger partial charge in [-0.1, -0.05) is 18.2 Å². The summed E-state index contributed by atoms with van der Waals surface area (Å²) in [5, 5.41) is 17.4. The first-order valence-corrected chi connectivity index (χ1v) is 6.18. The summed E-state index contributed by atoms with van der Waals surface area (Å²) in [6.45, 7) is 0. The summed E-state index contributed by atoms with van der Waals surface area (Å²) in [6.07, 6.45) is -0.527. The van der Waals surface area contributed by atoms with E-state index in [0.717, 1.165) is 6.07 Å². The lowest BCUT2D eigenvalue weighted by Gasteiger charge is -2.10. The number of benzene rings is 1. The van der Waals surface area contributed by atoms with Crippen molar-refractivity contribution in [1.29, 1.82) is 0 Å². The van der Waals surface area contributed by atoms with Gasteiger partial charge in [0.15, 0.2) is 5.92 Å². The molecule has 0 unspecified atom stereocenters. The van der Waals surface area contributed by atoms with Crippen LogP contribution in [0.25, 0.3) is 0 Å². The SMILES string of the molecule is O=C(O)C(Cc1ccccc1S(=O)(=O)O)C(=O)O. The zero-order valence-electron chi connectivity index (χ0n) is 8.98. The average Bonchev–Trinajstić information content (AvgIpc) is 2.24. The van der Waals surface area contributed by atoms with Gasteiger partial charge in [0.1, 0.15) is 0 Å². The van der Waals surface area contributed by atoms with Crippen LogP contribution in [-0.4, -0.2) is 35.1 Å². The monoisotopic (exact) mass is 274 g/mol. The summed E-state index contributed by atoms with van der Waals surface area (Å²) < 4.78 is 31.0. The molecule has 8 heteroatoms. The van der Waals surface area contributed by atoms with Gasteiger partial charge < -0.3 is 10.2 Å². The summed E-state index contributed by atoms with van der Waals surface area (Å²) in [4.78, 5) is 20.9. The maximum atomic E-state index is 11.0. The molecule has 1 rings (SSSR count). The van der Waals surface area contributed by atoms with Gasteiger partial charge in [0, 0.05) is 0 Å². The molecule has 0 saturated carbocycles. The second kappa shape index (κ2) is 5.15. The number of aliphatic carboxylic acids is 2. The van der Waals surface area contributed by atoms with Gasteiger partial charge in [-0.15, -0.1) is 0 Å². The number of hydrogen-bond donors (Lipinski definition) is 3. The minimum Gasteiger partial charge on any atom is -0.481 e. The molecule has 0 heterocycles. The Balaban J connectivity index is 3.19. The minimum atomic E-state index is -4.52. The molecule has 3 N–H and O–H groups in total. The van der Waals surface area contributed by atoms with E-state index in [-0.39, 0.29) is 5.56 Å². The molecule has 0 amide bonds. The number of carboxylic acid groups (broad SMARTS) is 2. The first kappa shape index (κ1) is 14.1. The maximum Gasteiger partial charge on any atom is 0.318 e. The summed E-state index contributed by atoms with van der Waals surface area (Å²) in [7, 11) is -4.52. The van der Waals surface area contributed by atoms with Crippen LogP contribution in [0.2, 0.25) is 0 Å². The van der Waals surface area contributed by atoms with Gasteiger partial charge in [0.05, 0.1) is 4.90 Å².